The maximum absolute atomic E-state index is 13.2. The Bertz CT molecular complexity index is 944. The fraction of sp³-hybridized carbons (Fsp3) is 0.0909. The number of aryl methyl sites for hydroxylation is 1. The maximum atomic E-state index is 13.2. The number of benzene rings is 3. The number of anilines is 3. The molecule has 0 aromatic heterocycles. The molecular formula is C22H20FN3O2. The SMILES string of the molecule is O=C(CCc1cccc(F)c1)Nc1ccc(NC(=O)Nc2ccccc2)cc1. The molecule has 0 atom stereocenters. The Morgan fingerprint density at radius 2 is 1.32 bits per heavy atom. The zero-order valence-electron chi connectivity index (χ0n) is 15.1. The highest BCUT2D eigenvalue weighted by Crippen LogP contribution is 2.15. The molecule has 3 rings (SSSR count). The second kappa shape index (κ2) is 9.32. The summed E-state index contributed by atoms with van der Waals surface area (Å²) in [6.07, 6.45) is 0.714. The Labute approximate surface area is 162 Å². The quantitative estimate of drug-likeness (QED) is 0.563. The average molecular weight is 377 g/mol. The molecule has 0 spiro atoms. The molecule has 6 heteroatoms. The van der Waals surface area contributed by atoms with Crippen LogP contribution in [0.4, 0.5) is 26.2 Å². The van der Waals surface area contributed by atoms with Gasteiger partial charge in [0.25, 0.3) is 0 Å². The van der Waals surface area contributed by atoms with Crippen molar-refractivity contribution in [2.24, 2.45) is 0 Å². The van der Waals surface area contributed by atoms with Gasteiger partial charge in [0.05, 0.1) is 0 Å². The molecule has 0 aliphatic heterocycles. The van der Waals surface area contributed by atoms with Gasteiger partial charge in [-0.1, -0.05) is 30.3 Å². The van der Waals surface area contributed by atoms with E-state index in [1.807, 2.05) is 18.2 Å². The van der Waals surface area contributed by atoms with Crippen LogP contribution in [0.15, 0.2) is 78.9 Å². The second-order valence-electron chi connectivity index (χ2n) is 6.20. The molecule has 3 aromatic rings. The third kappa shape index (κ3) is 5.95. The molecule has 0 bridgehead atoms. The minimum atomic E-state index is -0.349. The zero-order valence-corrected chi connectivity index (χ0v) is 15.1. The van der Waals surface area contributed by atoms with Gasteiger partial charge in [-0.2, -0.15) is 0 Å². The molecule has 3 N–H and O–H groups in total. The van der Waals surface area contributed by atoms with Gasteiger partial charge in [0.15, 0.2) is 0 Å². The highest BCUT2D eigenvalue weighted by molar-refractivity contribution is 6.00. The van der Waals surface area contributed by atoms with Gasteiger partial charge in [0, 0.05) is 23.5 Å². The van der Waals surface area contributed by atoms with Crippen LogP contribution in [-0.2, 0) is 11.2 Å². The first-order chi connectivity index (χ1) is 13.6. The molecule has 28 heavy (non-hydrogen) atoms. The van der Waals surface area contributed by atoms with Crippen molar-refractivity contribution < 1.29 is 14.0 Å². The van der Waals surface area contributed by atoms with E-state index in [2.05, 4.69) is 16.0 Å². The highest BCUT2D eigenvalue weighted by Gasteiger charge is 2.06. The largest absolute Gasteiger partial charge is 0.326 e. The van der Waals surface area contributed by atoms with Crippen molar-refractivity contribution in [1.29, 1.82) is 0 Å². The van der Waals surface area contributed by atoms with E-state index in [0.29, 0.717) is 23.5 Å². The summed E-state index contributed by atoms with van der Waals surface area (Å²) in [5, 5.41) is 8.24. The van der Waals surface area contributed by atoms with Gasteiger partial charge in [0.2, 0.25) is 5.91 Å². The van der Waals surface area contributed by atoms with Crippen molar-refractivity contribution in [3.63, 3.8) is 0 Å². The lowest BCUT2D eigenvalue weighted by Crippen LogP contribution is -2.19. The van der Waals surface area contributed by atoms with Gasteiger partial charge in [0.1, 0.15) is 5.82 Å². The first kappa shape index (κ1) is 19.1. The second-order valence-corrected chi connectivity index (χ2v) is 6.20. The summed E-state index contributed by atoms with van der Waals surface area (Å²) in [5.41, 5.74) is 2.70. The Kier molecular flexibility index (Phi) is 6.36. The van der Waals surface area contributed by atoms with Crippen molar-refractivity contribution >= 4 is 29.0 Å². The molecule has 0 heterocycles. The Hall–Kier alpha value is -3.67. The van der Waals surface area contributed by atoms with Gasteiger partial charge >= 0.3 is 6.03 Å². The summed E-state index contributed by atoms with van der Waals surface area (Å²) in [6, 6.07) is 21.8. The number of para-hydroxylation sites is 1. The van der Waals surface area contributed by atoms with Crippen LogP contribution in [-0.4, -0.2) is 11.9 Å². The van der Waals surface area contributed by atoms with Gasteiger partial charge in [-0.25, -0.2) is 9.18 Å². The summed E-state index contributed by atoms with van der Waals surface area (Å²) >= 11 is 0. The minimum absolute atomic E-state index is 0.160. The number of hydrogen-bond donors (Lipinski definition) is 3. The molecular weight excluding hydrogens is 357 g/mol. The molecule has 142 valence electrons. The standard InChI is InChI=1S/C22H20FN3O2/c23-17-6-4-5-16(15-17)9-14-21(27)24-19-10-12-20(13-11-19)26-22(28)25-18-7-2-1-3-8-18/h1-8,10-13,15H,9,14H2,(H,24,27)(H2,25,26,28). The number of nitrogens with one attached hydrogen (secondary N) is 3. The van der Waals surface area contributed by atoms with Crippen LogP contribution in [0.5, 0.6) is 0 Å². The maximum Gasteiger partial charge on any atom is 0.323 e. The molecule has 0 saturated heterocycles. The molecule has 3 aromatic carbocycles. The molecule has 0 aliphatic carbocycles. The van der Waals surface area contributed by atoms with E-state index in [0.717, 1.165) is 5.56 Å². The van der Waals surface area contributed by atoms with Crippen LogP contribution < -0.4 is 16.0 Å². The van der Waals surface area contributed by atoms with E-state index >= 15 is 0 Å². The van der Waals surface area contributed by atoms with Crippen molar-refractivity contribution in [2.45, 2.75) is 12.8 Å². The zero-order chi connectivity index (χ0) is 19.8. The summed E-state index contributed by atoms with van der Waals surface area (Å²) < 4.78 is 13.2. The van der Waals surface area contributed by atoms with E-state index in [1.54, 1.807) is 48.5 Å². The monoisotopic (exact) mass is 377 g/mol. The molecule has 0 saturated carbocycles. The molecule has 0 aliphatic rings. The van der Waals surface area contributed by atoms with Crippen molar-refractivity contribution in [3.8, 4) is 0 Å². The van der Waals surface area contributed by atoms with Gasteiger partial charge in [-0.15, -0.1) is 0 Å². The van der Waals surface area contributed by atoms with E-state index in [4.69, 9.17) is 0 Å². The Balaban J connectivity index is 1.47. The fourth-order valence-corrected chi connectivity index (χ4v) is 2.63. The summed E-state index contributed by atoms with van der Waals surface area (Å²) in [5.74, 6) is -0.468. The number of hydrogen-bond acceptors (Lipinski definition) is 2. The van der Waals surface area contributed by atoms with Crippen LogP contribution in [0.25, 0.3) is 0 Å². The number of amides is 3. The Morgan fingerprint density at radius 1 is 0.714 bits per heavy atom. The molecule has 0 fully saturated rings. The smallest absolute Gasteiger partial charge is 0.323 e. The van der Waals surface area contributed by atoms with Crippen LogP contribution in [0.2, 0.25) is 0 Å². The predicted octanol–water partition coefficient (Wildman–Crippen LogP) is 5.04. The molecule has 3 amide bonds. The van der Waals surface area contributed by atoms with Crippen LogP contribution in [0, 0.1) is 5.82 Å². The normalized spacial score (nSPS) is 10.2. The topological polar surface area (TPSA) is 70.2 Å². The number of urea groups is 1. The number of carbonyl (C=O) groups excluding carboxylic acids is 2. The van der Waals surface area contributed by atoms with E-state index < -0.39 is 0 Å². The van der Waals surface area contributed by atoms with Crippen LogP contribution >= 0.6 is 0 Å². The third-order valence-electron chi connectivity index (χ3n) is 3.99. The van der Waals surface area contributed by atoms with Crippen LogP contribution in [0.1, 0.15) is 12.0 Å². The lowest BCUT2D eigenvalue weighted by atomic mass is 10.1. The van der Waals surface area contributed by atoms with E-state index in [-0.39, 0.29) is 24.2 Å². The average Bonchev–Trinajstić information content (AvgIpc) is 2.69. The van der Waals surface area contributed by atoms with Crippen molar-refractivity contribution in [2.75, 3.05) is 16.0 Å². The lowest BCUT2D eigenvalue weighted by molar-refractivity contribution is -0.116. The number of rotatable bonds is 6. The summed E-state index contributed by atoms with van der Waals surface area (Å²) in [6.45, 7) is 0. The molecule has 0 radical (unpaired) electrons. The van der Waals surface area contributed by atoms with Crippen molar-refractivity contribution in [3.05, 3.63) is 90.2 Å². The van der Waals surface area contributed by atoms with Crippen LogP contribution in [0.3, 0.4) is 0 Å². The Morgan fingerprint density at radius 3 is 1.96 bits per heavy atom. The summed E-state index contributed by atoms with van der Waals surface area (Å²) in [7, 11) is 0. The predicted molar refractivity (Wildman–Crippen MR) is 109 cm³/mol. The fourth-order valence-electron chi connectivity index (χ4n) is 2.63. The van der Waals surface area contributed by atoms with Gasteiger partial charge < -0.3 is 16.0 Å². The van der Waals surface area contributed by atoms with Gasteiger partial charge in [-0.3, -0.25) is 4.79 Å². The van der Waals surface area contributed by atoms with Crippen molar-refractivity contribution in [1.82, 2.24) is 0 Å². The number of carbonyl (C=O) groups is 2. The first-order valence-electron chi connectivity index (χ1n) is 8.86. The minimum Gasteiger partial charge on any atom is -0.326 e. The third-order valence-corrected chi connectivity index (χ3v) is 3.99. The summed E-state index contributed by atoms with van der Waals surface area (Å²) in [4.78, 5) is 24.0. The molecule has 5 nitrogen and oxygen atoms in total. The van der Waals surface area contributed by atoms with E-state index in [9.17, 15) is 14.0 Å². The number of halogens is 1. The van der Waals surface area contributed by atoms with E-state index in [1.165, 1.54) is 12.1 Å². The highest BCUT2D eigenvalue weighted by atomic mass is 19.1. The molecule has 0 unspecified atom stereocenters. The lowest BCUT2D eigenvalue weighted by Gasteiger charge is -2.09. The van der Waals surface area contributed by atoms with Gasteiger partial charge in [-0.05, 0) is 60.5 Å². The first-order valence-corrected chi connectivity index (χ1v) is 8.86.